The van der Waals surface area contributed by atoms with Crippen LogP contribution in [0.25, 0.3) is 42.1 Å². The fraction of sp³-hybridized carbons (Fsp3) is 0.0169. The monoisotopic (exact) mass is 815 g/mol. The zero-order valence-corrected chi connectivity index (χ0v) is 34.2. The third-order valence-corrected chi connectivity index (χ3v) is 13.4. The summed E-state index contributed by atoms with van der Waals surface area (Å²) < 4.78 is 67.8. The maximum Gasteiger partial charge on any atom is 0.0733 e. The maximum atomic E-state index is 10.1. The molecule has 1 aliphatic carbocycles. The van der Waals surface area contributed by atoms with Crippen LogP contribution in [0.1, 0.15) is 31.8 Å². The van der Waals surface area contributed by atoms with Crippen LogP contribution in [0.4, 0.5) is 34.1 Å². The Kier molecular flexibility index (Phi) is 7.03. The van der Waals surface area contributed by atoms with Gasteiger partial charge in [0.1, 0.15) is 0 Å². The number of thiophene rings is 1. The van der Waals surface area contributed by atoms with Gasteiger partial charge in [0.05, 0.1) is 15.0 Å². The average Bonchev–Trinajstić information content (AvgIpc) is 3.91. The summed E-state index contributed by atoms with van der Waals surface area (Å²) in [5.74, 6) is 0. The molecule has 1 aromatic heterocycles. The van der Waals surface area contributed by atoms with Crippen molar-refractivity contribution < 1.29 is 9.60 Å². The number of hydrogen-bond donors (Lipinski definition) is 0. The second kappa shape index (κ2) is 14.8. The van der Waals surface area contributed by atoms with Crippen LogP contribution in [-0.2, 0) is 5.41 Å². The number of para-hydroxylation sites is 4. The molecule has 0 bridgehead atoms. The predicted octanol–water partition coefficient (Wildman–Crippen LogP) is 16.5. The fourth-order valence-corrected chi connectivity index (χ4v) is 10.9. The SMILES string of the molecule is [2H]c1c([2H])c([2H])c2c(C3(c4cccc5c4sc4ccccc45)c4ccc(N(c5ccccc5)c5ccccc5)cc4-c4cc(N(c5ccccc5)c5ccccc5)ccc43)c([2H])c([2H])c([2H])c2c1[2H]. The Hall–Kier alpha value is -7.72. The number of anilines is 6. The highest BCUT2D eigenvalue weighted by atomic mass is 32.1. The molecule has 11 aromatic rings. The predicted molar refractivity (Wildman–Crippen MR) is 264 cm³/mol. The smallest absolute Gasteiger partial charge is 0.0733 e. The molecule has 1 aliphatic rings. The molecule has 0 radical (unpaired) electrons. The highest BCUT2D eigenvalue weighted by Gasteiger charge is 2.48. The molecule has 0 fully saturated rings. The summed E-state index contributed by atoms with van der Waals surface area (Å²) in [6, 6.07) is 65.3. The first-order valence-corrected chi connectivity index (χ1v) is 21.5. The van der Waals surface area contributed by atoms with Crippen molar-refractivity contribution in [2.24, 2.45) is 0 Å². The molecule has 1 heterocycles. The fourth-order valence-electron chi connectivity index (χ4n) is 9.62. The zero-order valence-electron chi connectivity index (χ0n) is 40.4. The second-order valence-electron chi connectivity index (χ2n) is 15.5. The van der Waals surface area contributed by atoms with E-state index in [-0.39, 0.29) is 28.4 Å². The van der Waals surface area contributed by atoms with Crippen molar-refractivity contribution in [3.63, 3.8) is 0 Å². The van der Waals surface area contributed by atoms with Crippen molar-refractivity contribution in [2.75, 3.05) is 9.80 Å². The van der Waals surface area contributed by atoms with E-state index in [0.717, 1.165) is 82.1 Å². The molecule has 3 heteroatoms. The van der Waals surface area contributed by atoms with Crippen LogP contribution < -0.4 is 9.80 Å². The van der Waals surface area contributed by atoms with E-state index >= 15 is 0 Å². The molecular formula is C59H40N2S. The zero-order chi connectivity index (χ0) is 47.1. The minimum atomic E-state index is -1.45. The van der Waals surface area contributed by atoms with Gasteiger partial charge in [0.2, 0.25) is 0 Å². The van der Waals surface area contributed by atoms with Gasteiger partial charge < -0.3 is 9.80 Å². The molecule has 0 aliphatic heterocycles. The lowest BCUT2D eigenvalue weighted by atomic mass is 9.66. The standard InChI is InChI=1S/C59H40N2S/c1-5-21-42(22-6-1)60(43-23-7-2-8-24-43)46-35-37-54-51(39-46)52-40-47(61(44-25-9-3-10-26-44)45-27-11-4-12-28-45)36-38-55(52)59(54,53-32-17-20-41-19-13-14-29-48(41)53)56-33-18-31-50-49-30-15-16-34-57(49)62-58(50)56/h1-40H/i13D,14D,17D,19D,20D,29D,32D. The first-order valence-electron chi connectivity index (χ1n) is 24.2. The summed E-state index contributed by atoms with van der Waals surface area (Å²) >= 11 is 1.64. The first-order chi connectivity index (χ1) is 33.7. The molecule has 10 aromatic carbocycles. The normalized spacial score (nSPS) is 14.2. The summed E-state index contributed by atoms with van der Waals surface area (Å²) in [5.41, 5.74) is 8.46. The van der Waals surface area contributed by atoms with Crippen LogP contribution in [0.15, 0.2) is 242 Å². The van der Waals surface area contributed by atoms with Crippen molar-refractivity contribution in [2.45, 2.75) is 5.41 Å². The number of rotatable bonds is 8. The molecule has 292 valence electrons. The summed E-state index contributed by atoms with van der Waals surface area (Å²) in [6.45, 7) is 0. The van der Waals surface area contributed by atoms with Gasteiger partial charge in [-0.05, 0) is 123 Å². The molecule has 2 nitrogen and oxygen atoms in total. The topological polar surface area (TPSA) is 6.48 Å². The van der Waals surface area contributed by atoms with Crippen LogP contribution >= 0.6 is 11.3 Å². The number of fused-ring (bicyclic) bond motifs is 7. The Bertz CT molecular complexity index is 3610. The first kappa shape index (κ1) is 29.5. The van der Waals surface area contributed by atoms with Gasteiger partial charge in [0.15, 0.2) is 0 Å². The molecule has 0 saturated carbocycles. The highest BCUT2D eigenvalue weighted by molar-refractivity contribution is 7.26. The van der Waals surface area contributed by atoms with Gasteiger partial charge in [-0.25, -0.2) is 0 Å². The lowest BCUT2D eigenvalue weighted by Crippen LogP contribution is -2.29. The molecule has 0 amide bonds. The van der Waals surface area contributed by atoms with Gasteiger partial charge in [-0.2, -0.15) is 0 Å². The third kappa shape index (κ3) is 5.63. The van der Waals surface area contributed by atoms with E-state index < -0.39 is 35.6 Å². The summed E-state index contributed by atoms with van der Waals surface area (Å²) in [5, 5.41) is 2.06. The van der Waals surface area contributed by atoms with E-state index in [2.05, 4.69) is 119 Å². The molecule has 0 saturated heterocycles. The van der Waals surface area contributed by atoms with Gasteiger partial charge in [-0.15, -0.1) is 11.3 Å². The minimum absolute atomic E-state index is 0.0578. The van der Waals surface area contributed by atoms with E-state index in [1.807, 2.05) is 91.0 Å². The van der Waals surface area contributed by atoms with Crippen LogP contribution in [0.2, 0.25) is 0 Å². The maximum absolute atomic E-state index is 10.1. The lowest BCUT2D eigenvalue weighted by molar-refractivity contribution is 0.786. The van der Waals surface area contributed by atoms with Crippen molar-refractivity contribution in [1.82, 2.24) is 0 Å². The number of hydrogen-bond acceptors (Lipinski definition) is 3. The Morgan fingerprint density at radius 3 is 1.40 bits per heavy atom. The highest BCUT2D eigenvalue weighted by Crippen LogP contribution is 2.61. The second-order valence-corrected chi connectivity index (χ2v) is 16.6. The molecule has 0 spiro atoms. The molecule has 12 rings (SSSR count). The lowest BCUT2D eigenvalue weighted by Gasteiger charge is -2.36. The van der Waals surface area contributed by atoms with Gasteiger partial charge in [0.25, 0.3) is 0 Å². The third-order valence-electron chi connectivity index (χ3n) is 12.2. The summed E-state index contributed by atoms with van der Waals surface area (Å²) in [4.78, 5) is 4.44. The Labute approximate surface area is 375 Å². The van der Waals surface area contributed by atoms with Gasteiger partial charge in [0, 0.05) is 54.3 Å². The van der Waals surface area contributed by atoms with E-state index in [0.29, 0.717) is 0 Å². The quantitative estimate of drug-likeness (QED) is 0.151. The van der Waals surface area contributed by atoms with E-state index in [1.54, 1.807) is 11.3 Å². The summed E-state index contributed by atoms with van der Waals surface area (Å²) in [6.07, 6.45) is 0. The molecular weight excluding hydrogens is 769 g/mol. The van der Waals surface area contributed by atoms with E-state index in [4.69, 9.17) is 2.74 Å². The van der Waals surface area contributed by atoms with E-state index in [1.165, 1.54) is 0 Å². The Morgan fingerprint density at radius 2 is 0.839 bits per heavy atom. The average molecular weight is 816 g/mol. The molecule has 0 atom stereocenters. The van der Waals surface area contributed by atoms with Crippen molar-refractivity contribution >= 4 is 76.4 Å². The van der Waals surface area contributed by atoms with Crippen molar-refractivity contribution in [3.05, 3.63) is 265 Å². The Morgan fingerprint density at radius 1 is 0.355 bits per heavy atom. The van der Waals surface area contributed by atoms with Crippen molar-refractivity contribution in [1.29, 1.82) is 0 Å². The van der Waals surface area contributed by atoms with Gasteiger partial charge >= 0.3 is 0 Å². The van der Waals surface area contributed by atoms with Gasteiger partial charge in [-0.1, -0.05) is 164 Å². The van der Waals surface area contributed by atoms with Gasteiger partial charge in [-0.3, -0.25) is 0 Å². The van der Waals surface area contributed by atoms with Crippen molar-refractivity contribution in [3.8, 4) is 11.1 Å². The number of benzene rings is 10. The van der Waals surface area contributed by atoms with Crippen LogP contribution in [-0.4, -0.2) is 0 Å². The summed E-state index contributed by atoms with van der Waals surface area (Å²) in [7, 11) is 0. The molecule has 0 N–H and O–H groups in total. The van der Waals surface area contributed by atoms with Crippen LogP contribution in [0.3, 0.4) is 0 Å². The molecule has 62 heavy (non-hydrogen) atoms. The van der Waals surface area contributed by atoms with Crippen LogP contribution in [0.5, 0.6) is 0 Å². The Balaban J connectivity index is 1.28. The minimum Gasteiger partial charge on any atom is -0.310 e. The van der Waals surface area contributed by atoms with Crippen LogP contribution in [0, 0.1) is 0 Å². The largest absolute Gasteiger partial charge is 0.310 e. The number of nitrogens with zero attached hydrogens (tertiary/aromatic N) is 2. The molecule has 0 unspecified atom stereocenters. The van der Waals surface area contributed by atoms with E-state index in [9.17, 15) is 6.85 Å².